The third-order valence-corrected chi connectivity index (χ3v) is 3.55. The summed E-state index contributed by atoms with van der Waals surface area (Å²) in [6.45, 7) is 2.65. The Bertz CT molecular complexity index is 633. The quantitative estimate of drug-likeness (QED) is 0.894. The van der Waals surface area contributed by atoms with Crippen LogP contribution in [0, 0.1) is 0 Å². The van der Waals surface area contributed by atoms with E-state index in [2.05, 4.69) is 28.6 Å². The number of rotatable bonds is 3. The highest BCUT2D eigenvalue weighted by Crippen LogP contribution is 2.16. The van der Waals surface area contributed by atoms with Crippen LogP contribution in [0.1, 0.15) is 16.7 Å². The van der Waals surface area contributed by atoms with Gasteiger partial charge in [-0.05, 0) is 42.1 Å². The zero-order valence-electron chi connectivity index (χ0n) is 10.8. The second kappa shape index (κ2) is 5.36. The van der Waals surface area contributed by atoms with Crippen molar-refractivity contribution >= 4 is 0 Å². The van der Waals surface area contributed by atoms with E-state index in [1.807, 2.05) is 0 Å². The number of nitrogens with one attached hydrogen (secondary N) is 1. The summed E-state index contributed by atoms with van der Waals surface area (Å²) in [7, 11) is 0. The van der Waals surface area contributed by atoms with Crippen LogP contribution in [-0.4, -0.2) is 16.3 Å². The van der Waals surface area contributed by atoms with Gasteiger partial charge in [0.2, 0.25) is 0 Å². The summed E-state index contributed by atoms with van der Waals surface area (Å²) in [6, 6.07) is 9.84. The molecule has 0 unspecified atom stereocenters. The van der Waals surface area contributed by atoms with Crippen molar-refractivity contribution in [1.29, 1.82) is 0 Å². The molecule has 3 rings (SSSR count). The number of aryl methyl sites for hydroxylation is 2. The van der Waals surface area contributed by atoms with Gasteiger partial charge in [-0.2, -0.15) is 5.10 Å². The van der Waals surface area contributed by atoms with Crippen molar-refractivity contribution in [2.24, 2.45) is 0 Å². The monoisotopic (exact) mass is 255 g/mol. The number of nitrogens with zero attached hydrogens (tertiary/aromatic N) is 2. The van der Waals surface area contributed by atoms with Crippen molar-refractivity contribution in [3.8, 4) is 0 Å². The standard InChI is InChI=1S/C15H17N3O/c19-15-2-1-7-17-18(15)9-6-12-3-4-13-5-8-16-11-14(13)10-12/h1-4,7,10,16H,5-6,8-9,11H2. The van der Waals surface area contributed by atoms with Gasteiger partial charge in [0.1, 0.15) is 0 Å². The van der Waals surface area contributed by atoms with E-state index in [1.54, 1.807) is 18.3 Å². The van der Waals surface area contributed by atoms with Gasteiger partial charge in [-0.1, -0.05) is 18.2 Å². The Hall–Kier alpha value is -1.94. The van der Waals surface area contributed by atoms with Crippen LogP contribution in [0.15, 0.2) is 41.3 Å². The van der Waals surface area contributed by atoms with Crippen LogP contribution in [-0.2, 0) is 25.9 Å². The maximum Gasteiger partial charge on any atom is 0.266 e. The van der Waals surface area contributed by atoms with E-state index in [0.717, 1.165) is 25.9 Å². The van der Waals surface area contributed by atoms with Crippen molar-refractivity contribution in [3.05, 3.63) is 63.6 Å². The molecule has 0 saturated heterocycles. The Kier molecular flexibility index (Phi) is 3.42. The van der Waals surface area contributed by atoms with Crippen molar-refractivity contribution < 1.29 is 0 Å². The van der Waals surface area contributed by atoms with Crippen molar-refractivity contribution in [3.63, 3.8) is 0 Å². The van der Waals surface area contributed by atoms with E-state index in [4.69, 9.17) is 0 Å². The van der Waals surface area contributed by atoms with Gasteiger partial charge in [-0.15, -0.1) is 0 Å². The molecule has 1 N–H and O–H groups in total. The molecule has 1 aliphatic heterocycles. The number of aromatic nitrogens is 2. The van der Waals surface area contributed by atoms with Gasteiger partial charge in [0.05, 0.1) is 0 Å². The lowest BCUT2D eigenvalue weighted by molar-refractivity contribution is 0.576. The maximum atomic E-state index is 11.6. The van der Waals surface area contributed by atoms with Gasteiger partial charge in [0.25, 0.3) is 5.56 Å². The highest BCUT2D eigenvalue weighted by Gasteiger charge is 2.08. The highest BCUT2D eigenvalue weighted by atomic mass is 16.1. The lowest BCUT2D eigenvalue weighted by atomic mass is 9.97. The van der Waals surface area contributed by atoms with Crippen molar-refractivity contribution in [2.45, 2.75) is 25.9 Å². The van der Waals surface area contributed by atoms with E-state index in [9.17, 15) is 4.79 Å². The second-order valence-electron chi connectivity index (χ2n) is 4.86. The van der Waals surface area contributed by atoms with Crippen LogP contribution in [0.2, 0.25) is 0 Å². The largest absolute Gasteiger partial charge is 0.312 e. The van der Waals surface area contributed by atoms with E-state index in [1.165, 1.54) is 21.4 Å². The lowest BCUT2D eigenvalue weighted by Gasteiger charge is -2.17. The summed E-state index contributed by atoms with van der Waals surface area (Å²) in [5.74, 6) is 0. The fourth-order valence-corrected chi connectivity index (χ4v) is 2.48. The van der Waals surface area contributed by atoms with Gasteiger partial charge < -0.3 is 5.32 Å². The number of hydrogen-bond donors (Lipinski definition) is 1. The molecule has 0 aliphatic carbocycles. The molecular formula is C15H17N3O. The smallest absolute Gasteiger partial charge is 0.266 e. The topological polar surface area (TPSA) is 46.9 Å². The number of fused-ring (bicyclic) bond motifs is 1. The minimum Gasteiger partial charge on any atom is -0.312 e. The van der Waals surface area contributed by atoms with Crippen LogP contribution in [0.3, 0.4) is 0 Å². The van der Waals surface area contributed by atoms with Gasteiger partial charge in [-0.3, -0.25) is 4.79 Å². The van der Waals surface area contributed by atoms with E-state index >= 15 is 0 Å². The minimum atomic E-state index is -0.0397. The molecular weight excluding hydrogens is 238 g/mol. The van der Waals surface area contributed by atoms with Gasteiger partial charge in [-0.25, -0.2) is 4.68 Å². The SMILES string of the molecule is O=c1cccnn1CCc1ccc2c(c1)CNCC2. The lowest BCUT2D eigenvalue weighted by Crippen LogP contribution is -2.24. The van der Waals surface area contributed by atoms with Gasteiger partial charge in [0.15, 0.2) is 0 Å². The Morgan fingerprint density at radius 2 is 2.21 bits per heavy atom. The summed E-state index contributed by atoms with van der Waals surface area (Å²) in [4.78, 5) is 11.6. The molecule has 0 amide bonds. The van der Waals surface area contributed by atoms with Crippen molar-refractivity contribution in [1.82, 2.24) is 15.1 Å². The number of benzene rings is 1. The third-order valence-electron chi connectivity index (χ3n) is 3.55. The van der Waals surface area contributed by atoms with Crippen LogP contribution in [0.25, 0.3) is 0 Å². The first kappa shape index (κ1) is 12.1. The Balaban J connectivity index is 1.74. The fourth-order valence-electron chi connectivity index (χ4n) is 2.48. The molecule has 4 nitrogen and oxygen atoms in total. The Morgan fingerprint density at radius 1 is 1.26 bits per heavy atom. The molecule has 2 aromatic rings. The van der Waals surface area contributed by atoms with Crippen molar-refractivity contribution in [2.75, 3.05) is 6.54 Å². The first-order valence-corrected chi connectivity index (χ1v) is 6.66. The third kappa shape index (κ3) is 2.74. The van der Waals surface area contributed by atoms with E-state index < -0.39 is 0 Å². The Morgan fingerprint density at radius 3 is 3.11 bits per heavy atom. The molecule has 1 aromatic carbocycles. The predicted octanol–water partition coefficient (Wildman–Crippen LogP) is 1.13. The van der Waals surface area contributed by atoms with Gasteiger partial charge >= 0.3 is 0 Å². The summed E-state index contributed by atoms with van der Waals surface area (Å²) in [5, 5.41) is 7.46. The summed E-state index contributed by atoms with van der Waals surface area (Å²) >= 11 is 0. The number of hydrogen-bond acceptors (Lipinski definition) is 3. The molecule has 4 heteroatoms. The van der Waals surface area contributed by atoms with E-state index in [-0.39, 0.29) is 5.56 Å². The maximum absolute atomic E-state index is 11.6. The highest BCUT2D eigenvalue weighted by molar-refractivity contribution is 5.33. The molecule has 2 heterocycles. The molecule has 0 atom stereocenters. The molecule has 0 saturated carbocycles. The average molecular weight is 255 g/mol. The summed E-state index contributed by atoms with van der Waals surface area (Å²) in [6.07, 6.45) is 3.59. The molecule has 0 spiro atoms. The zero-order chi connectivity index (χ0) is 13.1. The molecule has 19 heavy (non-hydrogen) atoms. The molecule has 0 fully saturated rings. The molecule has 0 bridgehead atoms. The first-order valence-electron chi connectivity index (χ1n) is 6.66. The van der Waals surface area contributed by atoms with Crippen LogP contribution >= 0.6 is 0 Å². The summed E-state index contributed by atoms with van der Waals surface area (Å²) < 4.78 is 1.51. The van der Waals surface area contributed by atoms with Crippen LogP contribution in [0.4, 0.5) is 0 Å². The average Bonchev–Trinajstić information content (AvgIpc) is 2.46. The normalized spacial score (nSPS) is 14.1. The molecule has 0 radical (unpaired) electrons. The minimum absolute atomic E-state index is 0.0397. The predicted molar refractivity (Wildman–Crippen MR) is 74.1 cm³/mol. The molecule has 98 valence electrons. The molecule has 1 aromatic heterocycles. The summed E-state index contributed by atoms with van der Waals surface area (Å²) in [5.41, 5.74) is 4.05. The van der Waals surface area contributed by atoms with E-state index in [0.29, 0.717) is 6.54 Å². The molecule has 1 aliphatic rings. The van der Waals surface area contributed by atoms with Crippen LogP contribution < -0.4 is 10.9 Å². The van der Waals surface area contributed by atoms with Crippen LogP contribution in [0.5, 0.6) is 0 Å². The van der Waals surface area contributed by atoms with Gasteiger partial charge in [0, 0.05) is 25.4 Å². The first-order chi connectivity index (χ1) is 9.33. The fraction of sp³-hybridized carbons (Fsp3) is 0.333. The zero-order valence-corrected chi connectivity index (χ0v) is 10.8. The Labute approximate surface area is 112 Å². The second-order valence-corrected chi connectivity index (χ2v) is 4.86.